The van der Waals surface area contributed by atoms with Gasteiger partial charge in [-0.2, -0.15) is 0 Å². The Bertz CT molecular complexity index is 748. The molecule has 0 fully saturated rings. The fourth-order valence-electron chi connectivity index (χ4n) is 2.26. The van der Waals surface area contributed by atoms with Gasteiger partial charge < -0.3 is 19.9 Å². The van der Waals surface area contributed by atoms with Crippen LogP contribution >= 0.6 is 11.6 Å². The van der Waals surface area contributed by atoms with Gasteiger partial charge in [-0.15, -0.1) is 0 Å². The van der Waals surface area contributed by atoms with E-state index in [0.717, 1.165) is 16.7 Å². The van der Waals surface area contributed by atoms with Gasteiger partial charge in [-0.25, -0.2) is 0 Å². The molecular formula is C19H22ClNO4. The quantitative estimate of drug-likeness (QED) is 0.746. The highest BCUT2D eigenvalue weighted by molar-refractivity contribution is 6.31. The van der Waals surface area contributed by atoms with E-state index in [1.807, 2.05) is 31.2 Å². The van der Waals surface area contributed by atoms with Gasteiger partial charge in [0.2, 0.25) is 0 Å². The second kappa shape index (κ2) is 8.74. The number of rotatable bonds is 8. The molecule has 5 nitrogen and oxygen atoms in total. The maximum atomic E-state index is 10.9. The summed E-state index contributed by atoms with van der Waals surface area (Å²) in [5.74, 6) is 0.185. The molecule has 0 spiro atoms. The molecule has 1 atom stereocenters. The third-order valence-corrected chi connectivity index (χ3v) is 4.30. The summed E-state index contributed by atoms with van der Waals surface area (Å²) < 4.78 is 11.3. The third kappa shape index (κ3) is 5.11. The van der Waals surface area contributed by atoms with Crippen LogP contribution in [0.15, 0.2) is 36.4 Å². The zero-order chi connectivity index (χ0) is 18.4. The predicted molar refractivity (Wildman–Crippen MR) is 97.5 cm³/mol. The van der Waals surface area contributed by atoms with Crippen LogP contribution in [0.5, 0.6) is 11.5 Å². The van der Waals surface area contributed by atoms with Crippen molar-refractivity contribution in [2.75, 3.05) is 7.11 Å². The normalized spacial score (nSPS) is 11.8. The third-order valence-electron chi connectivity index (χ3n) is 3.95. The lowest BCUT2D eigenvalue weighted by Gasteiger charge is -2.16. The second-order valence-electron chi connectivity index (χ2n) is 5.75. The van der Waals surface area contributed by atoms with Gasteiger partial charge in [-0.05, 0) is 36.6 Å². The highest BCUT2D eigenvalue weighted by Crippen LogP contribution is 2.34. The summed E-state index contributed by atoms with van der Waals surface area (Å²) in [6.07, 6.45) is 0. The van der Waals surface area contributed by atoms with Crippen molar-refractivity contribution in [3.8, 4) is 11.5 Å². The number of carboxylic acid groups (broad SMARTS) is 1. The molecule has 6 heteroatoms. The largest absolute Gasteiger partial charge is 0.493 e. The molecule has 134 valence electrons. The average Bonchev–Trinajstić information content (AvgIpc) is 2.59. The molecule has 2 N–H and O–H groups in total. The maximum Gasteiger partial charge on any atom is 0.320 e. The van der Waals surface area contributed by atoms with Crippen molar-refractivity contribution in [3.63, 3.8) is 0 Å². The van der Waals surface area contributed by atoms with Gasteiger partial charge in [0.1, 0.15) is 12.6 Å². The smallest absolute Gasteiger partial charge is 0.320 e. The SMILES string of the molecule is COc1cc(CNC(C)C(=O)O)c(Cl)cc1OCc1ccccc1C. The highest BCUT2D eigenvalue weighted by atomic mass is 35.5. The molecular weight excluding hydrogens is 342 g/mol. The standard InChI is InChI=1S/C19H22ClNO4/c1-12-6-4-5-7-14(12)11-25-18-9-16(20)15(8-17(18)24-3)10-21-13(2)19(22)23/h4-9,13,21H,10-11H2,1-3H3,(H,22,23). The van der Waals surface area contributed by atoms with E-state index in [9.17, 15) is 4.79 Å². The Morgan fingerprint density at radius 2 is 1.96 bits per heavy atom. The van der Waals surface area contributed by atoms with Crippen molar-refractivity contribution in [1.29, 1.82) is 0 Å². The van der Waals surface area contributed by atoms with Gasteiger partial charge in [-0.3, -0.25) is 4.79 Å². The average molecular weight is 364 g/mol. The van der Waals surface area contributed by atoms with Crippen LogP contribution in [0.4, 0.5) is 0 Å². The molecule has 0 aromatic heterocycles. The number of ether oxygens (including phenoxy) is 2. The fraction of sp³-hybridized carbons (Fsp3) is 0.316. The Kier molecular flexibility index (Phi) is 6.67. The predicted octanol–water partition coefficient (Wildman–Crippen LogP) is 3.80. The molecule has 1 unspecified atom stereocenters. The summed E-state index contributed by atoms with van der Waals surface area (Å²) in [7, 11) is 1.56. The number of hydrogen-bond donors (Lipinski definition) is 2. The second-order valence-corrected chi connectivity index (χ2v) is 6.16. The number of halogens is 1. The summed E-state index contributed by atoms with van der Waals surface area (Å²) in [6.45, 7) is 4.34. The number of carbonyl (C=O) groups is 1. The van der Waals surface area contributed by atoms with Crippen LogP contribution in [0, 0.1) is 6.92 Å². The van der Waals surface area contributed by atoms with Gasteiger partial charge in [0.15, 0.2) is 11.5 Å². The van der Waals surface area contributed by atoms with Crippen LogP contribution in [0.25, 0.3) is 0 Å². The molecule has 2 aromatic carbocycles. The molecule has 0 saturated carbocycles. The van der Waals surface area contributed by atoms with E-state index >= 15 is 0 Å². The van der Waals surface area contributed by atoms with Crippen LogP contribution in [0.2, 0.25) is 5.02 Å². The van der Waals surface area contributed by atoms with E-state index in [1.54, 1.807) is 26.2 Å². The first-order valence-electron chi connectivity index (χ1n) is 7.92. The molecule has 0 heterocycles. The van der Waals surface area contributed by atoms with Crippen LogP contribution in [0.3, 0.4) is 0 Å². The first-order chi connectivity index (χ1) is 11.9. The van der Waals surface area contributed by atoms with Gasteiger partial charge in [0.25, 0.3) is 0 Å². The number of aliphatic carboxylic acids is 1. The summed E-state index contributed by atoms with van der Waals surface area (Å²) >= 11 is 6.31. The van der Waals surface area contributed by atoms with Crippen LogP contribution in [-0.4, -0.2) is 24.2 Å². The van der Waals surface area contributed by atoms with Gasteiger partial charge >= 0.3 is 5.97 Å². The molecule has 2 rings (SSSR count). The molecule has 2 aromatic rings. The molecule has 0 aliphatic rings. The minimum atomic E-state index is -0.915. The first kappa shape index (κ1) is 19.1. The zero-order valence-corrected chi connectivity index (χ0v) is 15.3. The van der Waals surface area contributed by atoms with Crippen molar-refractivity contribution >= 4 is 17.6 Å². The molecule has 0 aliphatic heterocycles. The molecule has 0 aliphatic carbocycles. The van der Waals surface area contributed by atoms with E-state index < -0.39 is 12.0 Å². The van der Waals surface area contributed by atoms with E-state index in [4.69, 9.17) is 26.2 Å². The topological polar surface area (TPSA) is 67.8 Å². The molecule has 0 saturated heterocycles. The lowest BCUT2D eigenvalue weighted by molar-refractivity contribution is -0.139. The van der Waals surface area contributed by atoms with E-state index in [-0.39, 0.29) is 0 Å². The molecule has 0 bridgehead atoms. The van der Waals surface area contributed by atoms with Crippen LogP contribution in [0.1, 0.15) is 23.6 Å². The molecule has 25 heavy (non-hydrogen) atoms. The zero-order valence-electron chi connectivity index (χ0n) is 14.5. The van der Waals surface area contributed by atoms with Gasteiger partial charge in [-0.1, -0.05) is 35.9 Å². The monoisotopic (exact) mass is 363 g/mol. The minimum Gasteiger partial charge on any atom is -0.493 e. The Hall–Kier alpha value is -2.24. The lowest BCUT2D eigenvalue weighted by Crippen LogP contribution is -2.33. The van der Waals surface area contributed by atoms with Gasteiger partial charge in [0.05, 0.1) is 7.11 Å². The van der Waals surface area contributed by atoms with Crippen molar-refractivity contribution in [3.05, 3.63) is 58.1 Å². The minimum absolute atomic E-state index is 0.320. The fourth-order valence-corrected chi connectivity index (χ4v) is 2.48. The number of aryl methyl sites for hydroxylation is 1. The number of carboxylic acids is 1. The van der Waals surface area contributed by atoms with E-state index in [2.05, 4.69) is 5.32 Å². The highest BCUT2D eigenvalue weighted by Gasteiger charge is 2.14. The summed E-state index contributed by atoms with van der Waals surface area (Å²) in [5, 5.41) is 12.3. The van der Waals surface area contributed by atoms with Crippen molar-refractivity contribution in [2.45, 2.75) is 33.0 Å². The van der Waals surface area contributed by atoms with Crippen LogP contribution < -0.4 is 14.8 Å². The molecule has 0 radical (unpaired) electrons. The lowest BCUT2D eigenvalue weighted by atomic mass is 10.1. The summed E-state index contributed by atoms with van der Waals surface area (Å²) in [4.78, 5) is 10.9. The Balaban J connectivity index is 2.13. The van der Waals surface area contributed by atoms with E-state index in [0.29, 0.717) is 29.7 Å². The number of benzene rings is 2. The first-order valence-corrected chi connectivity index (χ1v) is 8.30. The maximum absolute atomic E-state index is 10.9. The summed E-state index contributed by atoms with van der Waals surface area (Å²) in [5.41, 5.74) is 2.98. The Morgan fingerprint density at radius 3 is 2.60 bits per heavy atom. The molecule has 0 amide bonds. The number of hydrogen-bond acceptors (Lipinski definition) is 4. The number of methoxy groups -OCH3 is 1. The van der Waals surface area contributed by atoms with Gasteiger partial charge in [0, 0.05) is 17.6 Å². The Morgan fingerprint density at radius 1 is 1.24 bits per heavy atom. The van der Waals surface area contributed by atoms with Crippen LogP contribution in [-0.2, 0) is 17.9 Å². The van der Waals surface area contributed by atoms with Crippen molar-refractivity contribution in [2.24, 2.45) is 0 Å². The van der Waals surface area contributed by atoms with Crippen molar-refractivity contribution < 1.29 is 19.4 Å². The van der Waals surface area contributed by atoms with Crippen molar-refractivity contribution in [1.82, 2.24) is 5.32 Å². The van der Waals surface area contributed by atoms with E-state index in [1.165, 1.54) is 0 Å². The Labute approximate surface area is 152 Å². The number of nitrogens with one attached hydrogen (secondary N) is 1. The summed E-state index contributed by atoms with van der Waals surface area (Å²) in [6, 6.07) is 10.8.